The second kappa shape index (κ2) is 6.89. The van der Waals surface area contributed by atoms with E-state index in [0.717, 1.165) is 24.4 Å². The van der Waals surface area contributed by atoms with Crippen LogP contribution in [0.1, 0.15) is 57.1 Å². The molecule has 18 heavy (non-hydrogen) atoms. The van der Waals surface area contributed by atoms with E-state index in [9.17, 15) is 4.39 Å². The summed E-state index contributed by atoms with van der Waals surface area (Å²) >= 11 is 0. The molecule has 1 fully saturated rings. The van der Waals surface area contributed by atoms with E-state index < -0.39 is 0 Å². The summed E-state index contributed by atoms with van der Waals surface area (Å²) in [6, 6.07) is 7.34. The maximum atomic E-state index is 13.3. The molecular weight excluding hydrogens is 225 g/mol. The third-order valence-corrected chi connectivity index (χ3v) is 4.04. The van der Waals surface area contributed by atoms with Crippen LogP contribution in [0.3, 0.4) is 0 Å². The Morgan fingerprint density at radius 3 is 2.78 bits per heavy atom. The van der Waals surface area contributed by atoms with Crippen molar-refractivity contribution in [3.63, 3.8) is 0 Å². The summed E-state index contributed by atoms with van der Waals surface area (Å²) in [5.41, 5.74) is 1.09. The quantitative estimate of drug-likeness (QED) is 0.785. The molecule has 1 aliphatic carbocycles. The molecule has 1 aromatic rings. The van der Waals surface area contributed by atoms with Gasteiger partial charge in [-0.05, 0) is 43.0 Å². The highest BCUT2D eigenvalue weighted by atomic mass is 19.1. The molecule has 1 saturated carbocycles. The first kappa shape index (κ1) is 13.5. The Morgan fingerprint density at radius 2 is 2.11 bits per heavy atom. The van der Waals surface area contributed by atoms with Crippen molar-refractivity contribution in [3.8, 4) is 0 Å². The number of nitrogens with one attached hydrogen (secondary N) is 1. The normalized spacial score (nSPS) is 18.1. The van der Waals surface area contributed by atoms with Gasteiger partial charge in [-0.2, -0.15) is 0 Å². The van der Waals surface area contributed by atoms with E-state index in [4.69, 9.17) is 0 Å². The van der Waals surface area contributed by atoms with Crippen LogP contribution in [0.5, 0.6) is 0 Å². The number of hydrogen-bond acceptors (Lipinski definition) is 1. The van der Waals surface area contributed by atoms with Crippen LogP contribution in [-0.2, 0) is 0 Å². The number of benzene rings is 1. The summed E-state index contributed by atoms with van der Waals surface area (Å²) < 4.78 is 13.3. The molecule has 0 saturated heterocycles. The molecule has 1 nitrogen and oxygen atoms in total. The monoisotopic (exact) mass is 249 g/mol. The molecule has 1 N–H and O–H groups in total. The molecular formula is C16H24FN. The van der Waals surface area contributed by atoms with Crippen LogP contribution in [0, 0.1) is 11.7 Å². The van der Waals surface area contributed by atoms with Crippen LogP contribution in [0.4, 0.5) is 4.39 Å². The number of hydrogen-bond donors (Lipinski definition) is 1. The van der Waals surface area contributed by atoms with Gasteiger partial charge in [0.2, 0.25) is 0 Å². The summed E-state index contributed by atoms with van der Waals surface area (Å²) in [5.74, 6) is 0.774. The Hall–Kier alpha value is -0.890. The predicted molar refractivity (Wildman–Crippen MR) is 74.0 cm³/mol. The highest BCUT2D eigenvalue weighted by molar-refractivity contribution is 5.20. The maximum Gasteiger partial charge on any atom is 0.123 e. The van der Waals surface area contributed by atoms with Gasteiger partial charge in [0, 0.05) is 6.04 Å². The van der Waals surface area contributed by atoms with Crippen LogP contribution in [0.15, 0.2) is 24.3 Å². The Morgan fingerprint density at radius 1 is 1.33 bits per heavy atom. The van der Waals surface area contributed by atoms with Gasteiger partial charge in [0.05, 0.1) is 0 Å². The molecule has 2 rings (SSSR count). The molecule has 0 bridgehead atoms. The predicted octanol–water partition coefficient (Wildman–Crippen LogP) is 4.45. The zero-order valence-corrected chi connectivity index (χ0v) is 11.3. The second-order valence-corrected chi connectivity index (χ2v) is 5.39. The Kier molecular flexibility index (Phi) is 5.18. The van der Waals surface area contributed by atoms with Gasteiger partial charge < -0.3 is 5.32 Å². The summed E-state index contributed by atoms with van der Waals surface area (Å²) in [6.07, 6.45) is 7.98. The minimum Gasteiger partial charge on any atom is -0.310 e. The third-order valence-electron chi connectivity index (χ3n) is 4.04. The van der Waals surface area contributed by atoms with E-state index in [1.807, 2.05) is 12.1 Å². The number of rotatable bonds is 6. The first-order chi connectivity index (χ1) is 8.79. The average molecular weight is 249 g/mol. The fraction of sp³-hybridized carbons (Fsp3) is 0.625. The third kappa shape index (κ3) is 3.81. The highest BCUT2D eigenvalue weighted by Crippen LogP contribution is 2.31. The molecule has 1 unspecified atom stereocenters. The van der Waals surface area contributed by atoms with E-state index >= 15 is 0 Å². The molecule has 0 aliphatic heterocycles. The van der Waals surface area contributed by atoms with E-state index in [1.165, 1.54) is 38.2 Å². The van der Waals surface area contributed by atoms with Crippen LogP contribution in [0.2, 0.25) is 0 Å². The van der Waals surface area contributed by atoms with Crippen molar-refractivity contribution in [1.29, 1.82) is 0 Å². The van der Waals surface area contributed by atoms with Crippen molar-refractivity contribution in [2.75, 3.05) is 6.54 Å². The van der Waals surface area contributed by atoms with Gasteiger partial charge in [0.25, 0.3) is 0 Å². The van der Waals surface area contributed by atoms with E-state index in [-0.39, 0.29) is 5.82 Å². The first-order valence-electron chi connectivity index (χ1n) is 7.28. The molecule has 1 aromatic carbocycles. The average Bonchev–Trinajstić information content (AvgIpc) is 2.87. The zero-order chi connectivity index (χ0) is 12.8. The summed E-state index contributed by atoms with van der Waals surface area (Å²) in [5, 5.41) is 3.48. The summed E-state index contributed by atoms with van der Waals surface area (Å²) in [4.78, 5) is 0. The lowest BCUT2D eigenvalue weighted by Crippen LogP contribution is -2.21. The lowest BCUT2D eigenvalue weighted by molar-refractivity contribution is 0.416. The smallest absolute Gasteiger partial charge is 0.123 e. The molecule has 0 amide bonds. The Labute approximate surface area is 110 Å². The summed E-state index contributed by atoms with van der Waals surface area (Å²) in [7, 11) is 0. The molecule has 2 heteroatoms. The van der Waals surface area contributed by atoms with Gasteiger partial charge in [-0.3, -0.25) is 0 Å². The van der Waals surface area contributed by atoms with Crippen molar-refractivity contribution < 1.29 is 4.39 Å². The van der Waals surface area contributed by atoms with Crippen LogP contribution >= 0.6 is 0 Å². The van der Waals surface area contributed by atoms with Crippen molar-refractivity contribution in [2.45, 2.75) is 51.5 Å². The SMILES string of the molecule is CCNC(CCC1CCCC1)c1cccc(F)c1. The van der Waals surface area contributed by atoms with Crippen molar-refractivity contribution >= 4 is 0 Å². The lowest BCUT2D eigenvalue weighted by atomic mass is 9.95. The van der Waals surface area contributed by atoms with E-state index in [0.29, 0.717) is 6.04 Å². The van der Waals surface area contributed by atoms with Crippen LogP contribution in [0.25, 0.3) is 0 Å². The fourth-order valence-electron chi connectivity index (χ4n) is 3.06. The van der Waals surface area contributed by atoms with Crippen molar-refractivity contribution in [3.05, 3.63) is 35.6 Å². The Bertz CT molecular complexity index is 358. The molecule has 0 spiro atoms. The first-order valence-corrected chi connectivity index (χ1v) is 7.28. The van der Waals surface area contributed by atoms with Gasteiger partial charge in [0.15, 0.2) is 0 Å². The summed E-state index contributed by atoms with van der Waals surface area (Å²) in [6.45, 7) is 3.05. The molecule has 0 aromatic heterocycles. The minimum atomic E-state index is -0.128. The lowest BCUT2D eigenvalue weighted by Gasteiger charge is -2.20. The molecule has 1 aliphatic rings. The van der Waals surface area contributed by atoms with Crippen LogP contribution < -0.4 is 5.32 Å². The maximum absolute atomic E-state index is 13.3. The number of halogens is 1. The van der Waals surface area contributed by atoms with Crippen molar-refractivity contribution in [2.24, 2.45) is 5.92 Å². The minimum absolute atomic E-state index is 0.128. The highest BCUT2D eigenvalue weighted by Gasteiger charge is 2.18. The Balaban J connectivity index is 1.94. The molecule has 0 heterocycles. The van der Waals surface area contributed by atoms with Gasteiger partial charge in [0.1, 0.15) is 5.82 Å². The van der Waals surface area contributed by atoms with E-state index in [2.05, 4.69) is 12.2 Å². The molecule has 1 atom stereocenters. The van der Waals surface area contributed by atoms with Crippen LogP contribution in [-0.4, -0.2) is 6.54 Å². The van der Waals surface area contributed by atoms with Gasteiger partial charge >= 0.3 is 0 Å². The van der Waals surface area contributed by atoms with Gasteiger partial charge in [-0.25, -0.2) is 4.39 Å². The standard InChI is InChI=1S/C16H24FN/c1-2-18-16(11-10-13-6-3-4-7-13)14-8-5-9-15(17)12-14/h5,8-9,12-13,16,18H,2-4,6-7,10-11H2,1H3. The van der Waals surface area contributed by atoms with Crippen molar-refractivity contribution in [1.82, 2.24) is 5.32 Å². The topological polar surface area (TPSA) is 12.0 Å². The zero-order valence-electron chi connectivity index (χ0n) is 11.3. The molecule has 0 radical (unpaired) electrons. The molecule has 100 valence electrons. The fourth-order valence-corrected chi connectivity index (χ4v) is 3.06. The van der Waals surface area contributed by atoms with E-state index in [1.54, 1.807) is 6.07 Å². The van der Waals surface area contributed by atoms with Gasteiger partial charge in [-0.15, -0.1) is 0 Å². The largest absolute Gasteiger partial charge is 0.310 e. The van der Waals surface area contributed by atoms with Gasteiger partial charge in [-0.1, -0.05) is 44.7 Å². The second-order valence-electron chi connectivity index (χ2n) is 5.39.